The van der Waals surface area contributed by atoms with E-state index in [0.29, 0.717) is 53.0 Å². The number of hydrogen-bond donors (Lipinski definition) is 2. The Kier molecular flexibility index (Phi) is 6.43. The molecular weight excluding hydrogens is 462 g/mol. The van der Waals surface area contributed by atoms with Crippen LogP contribution in [-0.2, 0) is 0 Å². The molecule has 3 N–H and O–H groups in total. The number of rotatable bonds is 7. The molecule has 1 saturated heterocycles. The number of carbonyl (C=O) groups is 1. The van der Waals surface area contributed by atoms with Gasteiger partial charge in [-0.05, 0) is 31.0 Å². The van der Waals surface area contributed by atoms with E-state index in [9.17, 15) is 4.79 Å². The van der Waals surface area contributed by atoms with E-state index in [4.69, 9.17) is 24.4 Å². The van der Waals surface area contributed by atoms with E-state index in [1.54, 1.807) is 40.0 Å². The van der Waals surface area contributed by atoms with Crippen LogP contribution in [0.2, 0.25) is 0 Å². The van der Waals surface area contributed by atoms with Gasteiger partial charge in [0.1, 0.15) is 12.1 Å². The van der Waals surface area contributed by atoms with Crippen LogP contribution < -0.4 is 25.3 Å². The molecular formula is C26H29N5O5. The molecule has 2 aromatic heterocycles. The Bertz CT molecular complexity index is 1370. The Balaban J connectivity index is 1.45. The number of imidazole rings is 1. The lowest BCUT2D eigenvalue weighted by Crippen LogP contribution is -2.45. The highest BCUT2D eigenvalue weighted by atomic mass is 16.5. The molecule has 0 radical (unpaired) electrons. The van der Waals surface area contributed by atoms with Crippen LogP contribution in [0.15, 0.2) is 53.5 Å². The Morgan fingerprint density at radius 1 is 1.14 bits per heavy atom. The van der Waals surface area contributed by atoms with Gasteiger partial charge in [0.25, 0.3) is 5.91 Å². The molecule has 36 heavy (non-hydrogen) atoms. The van der Waals surface area contributed by atoms with Gasteiger partial charge in [0.2, 0.25) is 5.75 Å². The molecule has 1 aliphatic heterocycles. The first-order chi connectivity index (χ1) is 17.5. The van der Waals surface area contributed by atoms with Crippen LogP contribution in [0, 0.1) is 0 Å². The molecule has 1 fully saturated rings. The summed E-state index contributed by atoms with van der Waals surface area (Å²) in [6.45, 7) is 1.27. The lowest BCUT2D eigenvalue weighted by molar-refractivity contribution is 0.0709. The fourth-order valence-corrected chi connectivity index (χ4v) is 4.56. The van der Waals surface area contributed by atoms with Gasteiger partial charge in [-0.15, -0.1) is 0 Å². The summed E-state index contributed by atoms with van der Waals surface area (Å²) in [5, 5.41) is 4.13. The van der Waals surface area contributed by atoms with E-state index in [0.717, 1.165) is 23.9 Å². The molecule has 1 aliphatic rings. The molecule has 0 saturated carbocycles. The quantitative estimate of drug-likeness (QED) is 0.399. The molecule has 4 aromatic rings. The van der Waals surface area contributed by atoms with Crippen molar-refractivity contribution in [2.75, 3.05) is 39.7 Å². The van der Waals surface area contributed by atoms with Crippen molar-refractivity contribution in [3.05, 3.63) is 54.7 Å². The molecule has 0 spiro atoms. The number of nitrogens with two attached hydrogens (primary N) is 1. The third-order valence-electron chi connectivity index (χ3n) is 6.34. The summed E-state index contributed by atoms with van der Waals surface area (Å²) in [7, 11) is 4.71. The van der Waals surface area contributed by atoms with Crippen LogP contribution in [-0.4, -0.2) is 60.8 Å². The zero-order valence-corrected chi connectivity index (χ0v) is 20.5. The van der Waals surface area contributed by atoms with Gasteiger partial charge < -0.3 is 39.1 Å². The van der Waals surface area contributed by atoms with Crippen LogP contribution in [0.25, 0.3) is 16.7 Å². The highest BCUT2D eigenvalue weighted by Gasteiger charge is 2.24. The van der Waals surface area contributed by atoms with E-state index in [1.165, 1.54) is 0 Å². The first-order valence-corrected chi connectivity index (χ1v) is 11.7. The molecule has 1 atom stereocenters. The molecule has 0 aliphatic carbocycles. The number of benzene rings is 2. The molecule has 1 amide bonds. The van der Waals surface area contributed by atoms with E-state index >= 15 is 0 Å². The Morgan fingerprint density at radius 2 is 1.92 bits per heavy atom. The summed E-state index contributed by atoms with van der Waals surface area (Å²) in [6, 6.07) is 9.17. The highest BCUT2D eigenvalue weighted by Crippen LogP contribution is 2.39. The second kappa shape index (κ2) is 9.82. The molecule has 188 valence electrons. The molecule has 10 nitrogen and oxygen atoms in total. The largest absolute Gasteiger partial charge is 0.493 e. The number of furan rings is 1. The van der Waals surface area contributed by atoms with E-state index in [1.807, 2.05) is 39.9 Å². The fraction of sp³-hybridized carbons (Fsp3) is 0.308. The second-order valence-corrected chi connectivity index (χ2v) is 8.69. The number of ether oxygens (including phenoxy) is 3. The van der Waals surface area contributed by atoms with Gasteiger partial charge in [-0.3, -0.25) is 4.79 Å². The summed E-state index contributed by atoms with van der Waals surface area (Å²) in [5.41, 5.74) is 8.74. The van der Waals surface area contributed by atoms with Gasteiger partial charge in [0, 0.05) is 42.2 Å². The lowest BCUT2D eigenvalue weighted by atomic mass is 10.0. The van der Waals surface area contributed by atoms with Crippen LogP contribution in [0.3, 0.4) is 0 Å². The van der Waals surface area contributed by atoms with Gasteiger partial charge in [-0.1, -0.05) is 0 Å². The maximum absolute atomic E-state index is 13.2. The number of nitrogens with one attached hydrogen (secondary N) is 1. The van der Waals surface area contributed by atoms with E-state index < -0.39 is 0 Å². The molecule has 5 rings (SSSR count). The number of anilines is 2. The van der Waals surface area contributed by atoms with Crippen LogP contribution in [0.1, 0.15) is 23.2 Å². The number of amides is 1. The van der Waals surface area contributed by atoms with Crippen molar-refractivity contribution in [2.45, 2.75) is 18.9 Å². The smallest absolute Gasteiger partial charge is 0.254 e. The van der Waals surface area contributed by atoms with Gasteiger partial charge in [-0.25, -0.2) is 4.98 Å². The summed E-state index contributed by atoms with van der Waals surface area (Å²) < 4.78 is 23.9. The molecule has 3 heterocycles. The molecule has 0 bridgehead atoms. The van der Waals surface area contributed by atoms with Crippen molar-refractivity contribution in [1.29, 1.82) is 0 Å². The topological polar surface area (TPSA) is 117 Å². The summed E-state index contributed by atoms with van der Waals surface area (Å²) in [4.78, 5) is 19.5. The van der Waals surface area contributed by atoms with Gasteiger partial charge >= 0.3 is 0 Å². The maximum atomic E-state index is 13.2. The number of carbonyl (C=O) groups excluding carboxylic acids is 1. The minimum Gasteiger partial charge on any atom is -0.493 e. The number of fused-ring (bicyclic) bond motifs is 1. The van der Waals surface area contributed by atoms with Crippen molar-refractivity contribution in [1.82, 2.24) is 14.5 Å². The molecule has 1 unspecified atom stereocenters. The van der Waals surface area contributed by atoms with Crippen LogP contribution >= 0.6 is 0 Å². The number of methoxy groups -OCH3 is 3. The predicted octanol–water partition coefficient (Wildman–Crippen LogP) is 3.95. The van der Waals surface area contributed by atoms with E-state index in [-0.39, 0.29) is 11.9 Å². The van der Waals surface area contributed by atoms with Gasteiger partial charge in [0.15, 0.2) is 17.1 Å². The van der Waals surface area contributed by atoms with Crippen molar-refractivity contribution in [2.24, 2.45) is 5.73 Å². The van der Waals surface area contributed by atoms with E-state index in [2.05, 4.69) is 10.3 Å². The predicted molar refractivity (Wildman–Crippen MR) is 136 cm³/mol. The number of likely N-dealkylation sites (tertiary alicyclic amines) is 1. The Hall–Kier alpha value is -4.18. The number of piperidine rings is 1. The van der Waals surface area contributed by atoms with Crippen molar-refractivity contribution >= 4 is 28.4 Å². The standard InChI is InChI=1S/C26H29N5O5/c1-33-21-11-19(12-22(34-2)25(21)35-3)31-14-23(28-15-31)29-20-10-17(9-16-6-8-36-24(16)20)26(32)30-7-4-5-18(27)13-30/h6,8-12,14-15,18,29H,4-5,7,13,27H2,1-3H3. The summed E-state index contributed by atoms with van der Waals surface area (Å²) >= 11 is 0. The average Bonchev–Trinajstić information content (AvgIpc) is 3.57. The van der Waals surface area contributed by atoms with Crippen molar-refractivity contribution < 1.29 is 23.4 Å². The minimum absolute atomic E-state index is 0.0112. The van der Waals surface area contributed by atoms with Gasteiger partial charge in [-0.2, -0.15) is 0 Å². The zero-order chi connectivity index (χ0) is 25.2. The monoisotopic (exact) mass is 491 g/mol. The Morgan fingerprint density at radius 3 is 2.61 bits per heavy atom. The maximum Gasteiger partial charge on any atom is 0.254 e. The van der Waals surface area contributed by atoms with Crippen LogP contribution in [0.5, 0.6) is 17.2 Å². The highest BCUT2D eigenvalue weighted by molar-refractivity contribution is 6.02. The third kappa shape index (κ3) is 4.42. The van der Waals surface area contributed by atoms with Crippen LogP contribution in [0.4, 0.5) is 11.5 Å². The zero-order valence-electron chi connectivity index (χ0n) is 20.5. The molecule has 2 aromatic carbocycles. The first kappa shape index (κ1) is 23.6. The van der Waals surface area contributed by atoms with Crippen molar-refractivity contribution in [3.63, 3.8) is 0 Å². The second-order valence-electron chi connectivity index (χ2n) is 8.69. The number of hydrogen-bond acceptors (Lipinski definition) is 8. The fourth-order valence-electron chi connectivity index (χ4n) is 4.56. The van der Waals surface area contributed by atoms with Crippen molar-refractivity contribution in [3.8, 4) is 22.9 Å². The first-order valence-electron chi connectivity index (χ1n) is 11.7. The summed E-state index contributed by atoms with van der Waals surface area (Å²) in [5.74, 6) is 2.12. The Labute approximate surface area is 208 Å². The average molecular weight is 492 g/mol. The molecule has 10 heteroatoms. The lowest BCUT2D eigenvalue weighted by Gasteiger charge is -2.31. The number of nitrogens with zero attached hydrogens (tertiary/aromatic N) is 3. The normalized spacial score (nSPS) is 15.7. The summed E-state index contributed by atoms with van der Waals surface area (Å²) in [6.07, 6.45) is 6.95. The third-order valence-corrected chi connectivity index (χ3v) is 6.34. The van der Waals surface area contributed by atoms with Gasteiger partial charge in [0.05, 0.1) is 45.2 Å². The minimum atomic E-state index is -0.0424. The SMILES string of the molecule is COc1cc(-n2cnc(Nc3cc(C(=O)N4CCCC(N)C4)cc4ccoc34)c2)cc(OC)c1OC. The number of aromatic nitrogens is 2.